The Bertz CT molecular complexity index is 362. The smallest absolute Gasteiger partial charge is 0.0413 e. The summed E-state index contributed by atoms with van der Waals surface area (Å²) in [6.45, 7) is 9.60. The van der Waals surface area contributed by atoms with Crippen LogP contribution in [0, 0.1) is 18.8 Å². The Labute approximate surface area is 102 Å². The zero-order valence-electron chi connectivity index (χ0n) is 10.1. The fourth-order valence-corrected chi connectivity index (χ4v) is 4.03. The number of likely N-dealkylation sites (tertiary alicyclic amines) is 1. The molecule has 2 saturated heterocycles. The van der Waals surface area contributed by atoms with Crippen LogP contribution in [0.25, 0.3) is 0 Å². The van der Waals surface area contributed by atoms with Crippen molar-refractivity contribution < 1.29 is 0 Å². The van der Waals surface area contributed by atoms with Crippen molar-refractivity contribution in [2.45, 2.75) is 19.9 Å². The zero-order chi connectivity index (χ0) is 11.1. The van der Waals surface area contributed by atoms with Gasteiger partial charge in [0.1, 0.15) is 0 Å². The van der Waals surface area contributed by atoms with Gasteiger partial charge in [0.25, 0.3) is 0 Å². The summed E-state index contributed by atoms with van der Waals surface area (Å²) in [7, 11) is 0. The summed E-state index contributed by atoms with van der Waals surface area (Å²) >= 11 is 1.95. The van der Waals surface area contributed by atoms with Gasteiger partial charge in [-0.2, -0.15) is 0 Å². The first-order valence-corrected chi connectivity index (χ1v) is 7.07. The van der Waals surface area contributed by atoms with Crippen LogP contribution in [0.2, 0.25) is 0 Å². The number of nitrogens with zero attached hydrogens (tertiary/aromatic N) is 1. The predicted octanol–water partition coefficient (Wildman–Crippen LogP) is 2.27. The van der Waals surface area contributed by atoms with Gasteiger partial charge in [-0.05, 0) is 50.9 Å². The Kier molecular flexibility index (Phi) is 2.78. The molecule has 1 N–H and O–H groups in total. The van der Waals surface area contributed by atoms with Gasteiger partial charge in [0, 0.05) is 28.9 Å². The van der Waals surface area contributed by atoms with Crippen LogP contribution >= 0.6 is 11.3 Å². The number of thiophene rings is 1. The van der Waals surface area contributed by atoms with Gasteiger partial charge in [0.2, 0.25) is 0 Å². The molecule has 16 heavy (non-hydrogen) atoms. The van der Waals surface area contributed by atoms with Crippen LogP contribution in [0.4, 0.5) is 0 Å². The van der Waals surface area contributed by atoms with Gasteiger partial charge < -0.3 is 5.32 Å². The van der Waals surface area contributed by atoms with Gasteiger partial charge >= 0.3 is 0 Å². The van der Waals surface area contributed by atoms with Crippen molar-refractivity contribution in [1.82, 2.24) is 10.2 Å². The number of hydrogen-bond acceptors (Lipinski definition) is 3. The molecular weight excluding hydrogens is 216 g/mol. The van der Waals surface area contributed by atoms with Crippen molar-refractivity contribution >= 4 is 11.3 Å². The van der Waals surface area contributed by atoms with Crippen molar-refractivity contribution in [3.63, 3.8) is 0 Å². The first-order valence-electron chi connectivity index (χ1n) is 6.25. The monoisotopic (exact) mass is 236 g/mol. The predicted molar refractivity (Wildman–Crippen MR) is 68.9 cm³/mol. The van der Waals surface area contributed by atoms with E-state index in [4.69, 9.17) is 0 Å². The third kappa shape index (κ3) is 1.81. The minimum absolute atomic E-state index is 0.615. The number of fused-ring (bicyclic) bond motifs is 1. The van der Waals surface area contributed by atoms with Crippen LogP contribution < -0.4 is 5.32 Å². The molecule has 0 bridgehead atoms. The van der Waals surface area contributed by atoms with Gasteiger partial charge in [-0.3, -0.25) is 4.90 Å². The molecule has 0 aliphatic carbocycles. The number of rotatable bonds is 2. The van der Waals surface area contributed by atoms with Crippen molar-refractivity contribution in [2.24, 2.45) is 11.8 Å². The summed E-state index contributed by atoms with van der Waals surface area (Å²) in [5.74, 6) is 1.81. The Hall–Kier alpha value is -0.380. The van der Waals surface area contributed by atoms with Crippen LogP contribution in [0.5, 0.6) is 0 Å². The van der Waals surface area contributed by atoms with E-state index in [-0.39, 0.29) is 0 Å². The van der Waals surface area contributed by atoms with Crippen LogP contribution in [0.15, 0.2) is 12.1 Å². The normalized spacial score (nSPS) is 31.9. The summed E-state index contributed by atoms with van der Waals surface area (Å²) in [5.41, 5.74) is 0. The molecule has 0 amide bonds. The van der Waals surface area contributed by atoms with Gasteiger partial charge in [0.15, 0.2) is 0 Å². The molecule has 3 rings (SSSR count). The molecule has 3 atom stereocenters. The lowest BCUT2D eigenvalue weighted by Crippen LogP contribution is -2.28. The molecule has 2 aliphatic heterocycles. The highest BCUT2D eigenvalue weighted by molar-refractivity contribution is 7.12. The highest BCUT2D eigenvalue weighted by Crippen LogP contribution is 2.34. The summed E-state index contributed by atoms with van der Waals surface area (Å²) in [6, 6.07) is 5.16. The molecule has 3 heterocycles. The molecule has 2 fully saturated rings. The fraction of sp³-hybridized carbons (Fsp3) is 0.692. The topological polar surface area (TPSA) is 15.3 Å². The molecule has 2 aliphatic rings. The summed E-state index contributed by atoms with van der Waals surface area (Å²) < 4.78 is 0. The van der Waals surface area contributed by atoms with Crippen LogP contribution in [0.3, 0.4) is 0 Å². The molecule has 1 aromatic rings. The molecule has 0 spiro atoms. The molecule has 88 valence electrons. The van der Waals surface area contributed by atoms with Crippen LogP contribution in [0.1, 0.15) is 22.7 Å². The molecule has 0 radical (unpaired) electrons. The third-order valence-corrected chi connectivity index (χ3v) is 5.31. The fourth-order valence-electron chi connectivity index (χ4n) is 3.07. The molecule has 3 heteroatoms. The molecular formula is C13H20N2S. The molecule has 2 nitrogen and oxygen atoms in total. The van der Waals surface area contributed by atoms with Crippen LogP contribution in [-0.2, 0) is 0 Å². The minimum Gasteiger partial charge on any atom is -0.316 e. The van der Waals surface area contributed by atoms with E-state index in [1.54, 1.807) is 0 Å². The lowest BCUT2D eigenvalue weighted by Gasteiger charge is -2.24. The highest BCUT2D eigenvalue weighted by atomic mass is 32.1. The minimum atomic E-state index is 0.615. The lowest BCUT2D eigenvalue weighted by atomic mass is 10.0. The van der Waals surface area contributed by atoms with E-state index in [0.717, 1.165) is 11.8 Å². The standard InChI is InChI=1S/C13H20N2S/c1-9-3-4-13(16-9)10(2)15-7-11-5-14-6-12(11)8-15/h3-4,10-12,14H,5-8H2,1-2H3/t10?,11-,12+. The van der Waals surface area contributed by atoms with E-state index in [2.05, 4.69) is 36.2 Å². The average Bonchev–Trinajstić information content (AvgIpc) is 2.89. The van der Waals surface area contributed by atoms with Gasteiger partial charge in [-0.15, -0.1) is 11.3 Å². The molecule has 1 aromatic heterocycles. The number of aryl methyl sites for hydroxylation is 1. The van der Waals surface area contributed by atoms with Crippen molar-refractivity contribution in [2.75, 3.05) is 26.2 Å². The Morgan fingerprint density at radius 3 is 2.56 bits per heavy atom. The van der Waals surface area contributed by atoms with Gasteiger partial charge in [-0.1, -0.05) is 0 Å². The van der Waals surface area contributed by atoms with E-state index in [1.165, 1.54) is 35.9 Å². The maximum atomic E-state index is 3.50. The summed E-state index contributed by atoms with van der Waals surface area (Å²) in [5, 5.41) is 3.50. The first-order chi connectivity index (χ1) is 7.74. The molecule has 0 aromatic carbocycles. The van der Waals surface area contributed by atoms with E-state index in [9.17, 15) is 0 Å². The number of nitrogens with one attached hydrogen (secondary N) is 1. The van der Waals surface area contributed by atoms with E-state index >= 15 is 0 Å². The molecule has 1 unspecified atom stereocenters. The molecule has 0 saturated carbocycles. The second kappa shape index (κ2) is 4.13. The first kappa shape index (κ1) is 10.8. The second-order valence-corrected chi connectivity index (χ2v) is 6.58. The van der Waals surface area contributed by atoms with Gasteiger partial charge in [0.05, 0.1) is 0 Å². The quantitative estimate of drug-likeness (QED) is 0.847. The van der Waals surface area contributed by atoms with Crippen LogP contribution in [-0.4, -0.2) is 31.1 Å². The van der Waals surface area contributed by atoms with E-state index in [1.807, 2.05) is 11.3 Å². The lowest BCUT2D eigenvalue weighted by molar-refractivity contribution is 0.247. The largest absolute Gasteiger partial charge is 0.316 e. The van der Waals surface area contributed by atoms with Crippen molar-refractivity contribution in [3.05, 3.63) is 21.9 Å². The number of hydrogen-bond donors (Lipinski definition) is 1. The van der Waals surface area contributed by atoms with E-state index < -0.39 is 0 Å². The summed E-state index contributed by atoms with van der Waals surface area (Å²) in [4.78, 5) is 5.63. The second-order valence-electron chi connectivity index (χ2n) is 5.26. The van der Waals surface area contributed by atoms with Crippen molar-refractivity contribution in [3.8, 4) is 0 Å². The maximum absolute atomic E-state index is 3.50. The highest BCUT2D eigenvalue weighted by Gasteiger charge is 2.38. The third-order valence-electron chi connectivity index (χ3n) is 4.14. The Morgan fingerprint density at radius 2 is 2.00 bits per heavy atom. The Morgan fingerprint density at radius 1 is 1.31 bits per heavy atom. The SMILES string of the molecule is Cc1ccc(C(C)N2C[C@H]3CNC[C@H]3C2)s1. The van der Waals surface area contributed by atoms with Crippen molar-refractivity contribution in [1.29, 1.82) is 0 Å². The summed E-state index contributed by atoms with van der Waals surface area (Å²) in [6.07, 6.45) is 0. The Balaban J connectivity index is 1.70. The maximum Gasteiger partial charge on any atom is 0.0413 e. The average molecular weight is 236 g/mol. The van der Waals surface area contributed by atoms with E-state index in [0.29, 0.717) is 6.04 Å². The van der Waals surface area contributed by atoms with Gasteiger partial charge in [-0.25, -0.2) is 0 Å². The zero-order valence-corrected chi connectivity index (χ0v) is 10.9.